The Labute approximate surface area is 116 Å². The number of hydrogen-bond donors (Lipinski definition) is 1. The number of anilines is 1. The van der Waals surface area contributed by atoms with Gasteiger partial charge in [0.1, 0.15) is 11.5 Å². The first-order valence-corrected chi connectivity index (χ1v) is 6.31. The number of rotatable bonds is 2. The van der Waals surface area contributed by atoms with E-state index < -0.39 is 0 Å². The first kappa shape index (κ1) is 12.4. The van der Waals surface area contributed by atoms with E-state index in [1.54, 1.807) is 23.0 Å². The highest BCUT2D eigenvalue weighted by Gasteiger charge is 2.10. The lowest BCUT2D eigenvalue weighted by Crippen LogP contribution is -1.95. The predicted molar refractivity (Wildman–Crippen MR) is 78.1 cm³/mol. The Morgan fingerprint density at radius 3 is 2.65 bits per heavy atom. The van der Waals surface area contributed by atoms with Gasteiger partial charge in [0.05, 0.1) is 17.6 Å². The fraction of sp³-hybridized carbons (Fsp3) is 0.0625. The topological polar surface area (TPSA) is 43.8 Å². The van der Waals surface area contributed by atoms with Crippen molar-refractivity contribution in [2.45, 2.75) is 6.92 Å². The maximum atomic E-state index is 13.3. The number of benzene rings is 2. The van der Waals surface area contributed by atoms with Crippen LogP contribution in [0.5, 0.6) is 0 Å². The number of nitrogen functional groups attached to an aromatic ring is 1. The van der Waals surface area contributed by atoms with Crippen LogP contribution in [0.1, 0.15) is 5.56 Å². The molecule has 0 saturated heterocycles. The van der Waals surface area contributed by atoms with Crippen LogP contribution < -0.4 is 5.73 Å². The molecule has 2 aromatic carbocycles. The van der Waals surface area contributed by atoms with Crippen molar-refractivity contribution < 1.29 is 4.39 Å². The van der Waals surface area contributed by atoms with Crippen LogP contribution in [-0.4, -0.2) is 9.78 Å². The second-order valence-electron chi connectivity index (χ2n) is 4.73. The molecule has 2 N–H and O–H groups in total. The molecule has 0 fully saturated rings. The van der Waals surface area contributed by atoms with Crippen molar-refractivity contribution >= 4 is 5.69 Å². The van der Waals surface area contributed by atoms with Crippen LogP contribution in [0.2, 0.25) is 0 Å². The quantitative estimate of drug-likeness (QED) is 0.771. The van der Waals surface area contributed by atoms with E-state index in [1.807, 2.05) is 31.2 Å². The summed E-state index contributed by atoms with van der Waals surface area (Å²) in [7, 11) is 0. The van der Waals surface area contributed by atoms with Crippen LogP contribution in [0, 0.1) is 12.7 Å². The van der Waals surface area contributed by atoms with Crippen LogP contribution in [0.25, 0.3) is 16.9 Å². The van der Waals surface area contributed by atoms with Gasteiger partial charge in [0.25, 0.3) is 0 Å². The maximum Gasteiger partial charge on any atom is 0.125 e. The van der Waals surface area contributed by atoms with Gasteiger partial charge in [0, 0.05) is 5.56 Å². The molecule has 0 unspecified atom stereocenters. The molecule has 0 spiro atoms. The molecule has 1 aromatic heterocycles. The van der Waals surface area contributed by atoms with Crippen molar-refractivity contribution in [2.24, 2.45) is 0 Å². The van der Waals surface area contributed by atoms with Crippen LogP contribution in [0.15, 0.2) is 54.7 Å². The highest BCUT2D eigenvalue weighted by molar-refractivity contribution is 5.72. The largest absolute Gasteiger partial charge is 0.396 e. The molecule has 0 amide bonds. The Hall–Kier alpha value is -2.62. The molecule has 0 bridgehead atoms. The summed E-state index contributed by atoms with van der Waals surface area (Å²) in [6.45, 7) is 2.02. The van der Waals surface area contributed by atoms with Crippen LogP contribution in [0.4, 0.5) is 10.1 Å². The standard InChI is InChI=1S/C16H14FN3/c1-11-4-2-5-12(8-11)16-15(18)10-20(19-16)14-7-3-6-13(17)9-14/h2-10H,18H2,1H3. The first-order valence-electron chi connectivity index (χ1n) is 6.31. The van der Waals surface area contributed by atoms with Gasteiger partial charge in [-0.25, -0.2) is 9.07 Å². The highest BCUT2D eigenvalue weighted by Crippen LogP contribution is 2.26. The molecule has 3 aromatic rings. The van der Waals surface area contributed by atoms with Gasteiger partial charge in [-0.1, -0.05) is 29.8 Å². The van der Waals surface area contributed by atoms with Gasteiger partial charge in [-0.2, -0.15) is 5.10 Å². The van der Waals surface area contributed by atoms with Crippen molar-refractivity contribution in [2.75, 3.05) is 5.73 Å². The second-order valence-corrected chi connectivity index (χ2v) is 4.73. The Morgan fingerprint density at radius 1 is 1.10 bits per heavy atom. The van der Waals surface area contributed by atoms with Crippen molar-refractivity contribution in [3.05, 3.63) is 66.1 Å². The summed E-state index contributed by atoms with van der Waals surface area (Å²) in [6.07, 6.45) is 1.70. The first-order chi connectivity index (χ1) is 9.63. The van der Waals surface area contributed by atoms with E-state index in [4.69, 9.17) is 5.73 Å². The van der Waals surface area contributed by atoms with Gasteiger partial charge < -0.3 is 5.73 Å². The van der Waals surface area contributed by atoms with Gasteiger partial charge in [0.15, 0.2) is 0 Å². The Kier molecular flexibility index (Phi) is 2.99. The minimum atomic E-state index is -0.298. The van der Waals surface area contributed by atoms with E-state index in [-0.39, 0.29) is 5.82 Å². The molecule has 0 atom stereocenters. The minimum absolute atomic E-state index is 0.298. The predicted octanol–water partition coefficient (Wildman–Crippen LogP) is 3.57. The molecule has 0 radical (unpaired) electrons. The fourth-order valence-corrected chi connectivity index (χ4v) is 2.15. The van der Waals surface area contributed by atoms with Crippen molar-refractivity contribution in [3.63, 3.8) is 0 Å². The fourth-order valence-electron chi connectivity index (χ4n) is 2.15. The molecule has 3 nitrogen and oxygen atoms in total. The summed E-state index contributed by atoms with van der Waals surface area (Å²) in [6, 6.07) is 14.2. The van der Waals surface area contributed by atoms with Crippen LogP contribution in [-0.2, 0) is 0 Å². The normalized spacial score (nSPS) is 10.7. The number of aromatic nitrogens is 2. The molecule has 0 aliphatic rings. The second kappa shape index (κ2) is 4.81. The zero-order valence-corrected chi connectivity index (χ0v) is 11.0. The molecule has 3 rings (SSSR count). The lowest BCUT2D eigenvalue weighted by molar-refractivity contribution is 0.625. The van der Waals surface area contributed by atoms with Gasteiger partial charge in [-0.15, -0.1) is 0 Å². The molecular weight excluding hydrogens is 253 g/mol. The van der Waals surface area contributed by atoms with E-state index >= 15 is 0 Å². The number of aryl methyl sites for hydroxylation is 1. The summed E-state index contributed by atoms with van der Waals surface area (Å²) in [4.78, 5) is 0. The molecule has 0 aliphatic heterocycles. The van der Waals surface area contributed by atoms with Crippen LogP contribution in [0.3, 0.4) is 0 Å². The van der Waals surface area contributed by atoms with Crippen molar-refractivity contribution in [1.82, 2.24) is 9.78 Å². The van der Waals surface area contributed by atoms with Gasteiger partial charge >= 0.3 is 0 Å². The zero-order valence-electron chi connectivity index (χ0n) is 11.0. The summed E-state index contributed by atoms with van der Waals surface area (Å²) < 4.78 is 14.9. The van der Waals surface area contributed by atoms with Gasteiger partial charge in [0.2, 0.25) is 0 Å². The van der Waals surface area contributed by atoms with E-state index in [0.29, 0.717) is 17.1 Å². The van der Waals surface area contributed by atoms with E-state index in [1.165, 1.54) is 12.1 Å². The van der Waals surface area contributed by atoms with E-state index in [0.717, 1.165) is 11.1 Å². The molecule has 4 heteroatoms. The third-order valence-corrected chi connectivity index (χ3v) is 3.11. The molecule has 1 heterocycles. The average molecular weight is 267 g/mol. The molecule has 0 saturated carbocycles. The van der Waals surface area contributed by atoms with Gasteiger partial charge in [-0.3, -0.25) is 0 Å². The lowest BCUT2D eigenvalue weighted by Gasteiger charge is -2.01. The maximum absolute atomic E-state index is 13.3. The third kappa shape index (κ3) is 2.28. The summed E-state index contributed by atoms with van der Waals surface area (Å²) in [5, 5.41) is 4.46. The summed E-state index contributed by atoms with van der Waals surface area (Å²) >= 11 is 0. The van der Waals surface area contributed by atoms with Crippen molar-refractivity contribution in [1.29, 1.82) is 0 Å². The summed E-state index contributed by atoms with van der Waals surface area (Å²) in [5.41, 5.74) is 10.0. The zero-order chi connectivity index (χ0) is 14.1. The summed E-state index contributed by atoms with van der Waals surface area (Å²) in [5.74, 6) is -0.298. The number of hydrogen-bond acceptors (Lipinski definition) is 2. The Morgan fingerprint density at radius 2 is 1.90 bits per heavy atom. The monoisotopic (exact) mass is 267 g/mol. The molecule has 20 heavy (non-hydrogen) atoms. The molecule has 100 valence electrons. The highest BCUT2D eigenvalue weighted by atomic mass is 19.1. The van der Waals surface area contributed by atoms with Gasteiger partial charge in [-0.05, 0) is 31.2 Å². The molecular formula is C16H14FN3. The van der Waals surface area contributed by atoms with Crippen LogP contribution >= 0.6 is 0 Å². The number of nitrogens with two attached hydrogens (primary N) is 1. The van der Waals surface area contributed by atoms with E-state index in [9.17, 15) is 4.39 Å². The third-order valence-electron chi connectivity index (χ3n) is 3.11. The molecule has 0 aliphatic carbocycles. The van der Waals surface area contributed by atoms with E-state index in [2.05, 4.69) is 5.10 Å². The SMILES string of the molecule is Cc1cccc(-c2nn(-c3cccc(F)c3)cc2N)c1. The number of nitrogens with zero attached hydrogens (tertiary/aromatic N) is 2. The lowest BCUT2D eigenvalue weighted by atomic mass is 10.1. The Balaban J connectivity index is 2.08. The average Bonchev–Trinajstić information content (AvgIpc) is 2.81. The minimum Gasteiger partial charge on any atom is -0.396 e. The smallest absolute Gasteiger partial charge is 0.125 e. The van der Waals surface area contributed by atoms with Crippen molar-refractivity contribution in [3.8, 4) is 16.9 Å². The Bertz CT molecular complexity index is 762. The number of halogens is 1.